The van der Waals surface area contributed by atoms with Crippen LogP contribution in [0, 0.1) is 13.8 Å². The van der Waals surface area contributed by atoms with Gasteiger partial charge in [-0.15, -0.1) is 11.3 Å². The molecule has 0 fully saturated rings. The zero-order valence-electron chi connectivity index (χ0n) is 10.8. The van der Waals surface area contributed by atoms with Crippen molar-refractivity contribution in [2.75, 3.05) is 5.73 Å². The molecule has 0 amide bonds. The molecule has 4 heteroatoms. The molecule has 2 aromatic heterocycles. The molecule has 0 radical (unpaired) electrons. The summed E-state index contributed by atoms with van der Waals surface area (Å²) >= 11 is 1.65. The van der Waals surface area contributed by atoms with Crippen molar-refractivity contribution >= 4 is 17.2 Å². The van der Waals surface area contributed by atoms with Gasteiger partial charge in [0, 0.05) is 0 Å². The van der Waals surface area contributed by atoms with Crippen LogP contribution >= 0.6 is 11.3 Å². The summed E-state index contributed by atoms with van der Waals surface area (Å²) in [6, 6.07) is 10.3. The van der Waals surface area contributed by atoms with Gasteiger partial charge in [0.25, 0.3) is 0 Å². The molecule has 0 spiro atoms. The van der Waals surface area contributed by atoms with Gasteiger partial charge in [0.2, 0.25) is 5.88 Å². The summed E-state index contributed by atoms with van der Waals surface area (Å²) in [5.41, 5.74) is 11.1. The SMILES string of the molecule is Cc1cccc(-c2c(-c3sccc3C)noc2N)c1. The molecule has 0 aliphatic heterocycles. The molecule has 96 valence electrons. The smallest absolute Gasteiger partial charge is 0.230 e. The van der Waals surface area contributed by atoms with Gasteiger partial charge in [0.15, 0.2) is 0 Å². The van der Waals surface area contributed by atoms with Gasteiger partial charge in [-0.2, -0.15) is 0 Å². The van der Waals surface area contributed by atoms with Crippen molar-refractivity contribution in [2.24, 2.45) is 0 Å². The first kappa shape index (κ1) is 12.0. The summed E-state index contributed by atoms with van der Waals surface area (Å²) in [5, 5.41) is 6.19. The number of nitrogens with zero attached hydrogens (tertiary/aromatic N) is 1. The van der Waals surface area contributed by atoms with Crippen molar-refractivity contribution in [3.05, 3.63) is 46.8 Å². The Balaban J connectivity index is 2.22. The van der Waals surface area contributed by atoms with Crippen molar-refractivity contribution < 1.29 is 4.52 Å². The summed E-state index contributed by atoms with van der Waals surface area (Å²) < 4.78 is 5.20. The number of anilines is 1. The van der Waals surface area contributed by atoms with Crippen LogP contribution < -0.4 is 5.73 Å². The van der Waals surface area contributed by atoms with E-state index in [4.69, 9.17) is 10.3 Å². The van der Waals surface area contributed by atoms with Crippen molar-refractivity contribution in [1.82, 2.24) is 5.16 Å². The highest BCUT2D eigenvalue weighted by Gasteiger charge is 2.19. The average molecular weight is 270 g/mol. The van der Waals surface area contributed by atoms with Crippen LogP contribution in [-0.4, -0.2) is 5.16 Å². The van der Waals surface area contributed by atoms with Gasteiger partial charge in [-0.05, 0) is 36.4 Å². The van der Waals surface area contributed by atoms with Gasteiger partial charge in [0.1, 0.15) is 5.69 Å². The number of aromatic nitrogens is 1. The lowest BCUT2D eigenvalue weighted by Gasteiger charge is -2.03. The molecule has 0 aliphatic rings. The average Bonchev–Trinajstić information content (AvgIpc) is 2.95. The van der Waals surface area contributed by atoms with Crippen LogP contribution in [0.1, 0.15) is 11.1 Å². The summed E-state index contributed by atoms with van der Waals surface area (Å²) in [5.74, 6) is 0.369. The third kappa shape index (κ3) is 2.04. The number of rotatable bonds is 2. The minimum atomic E-state index is 0.369. The zero-order chi connectivity index (χ0) is 13.4. The number of benzene rings is 1. The quantitative estimate of drug-likeness (QED) is 0.756. The predicted molar refractivity (Wildman–Crippen MR) is 79.1 cm³/mol. The molecule has 2 N–H and O–H groups in total. The van der Waals surface area contributed by atoms with E-state index in [0.717, 1.165) is 21.7 Å². The van der Waals surface area contributed by atoms with Gasteiger partial charge < -0.3 is 10.3 Å². The van der Waals surface area contributed by atoms with Gasteiger partial charge in [-0.25, -0.2) is 0 Å². The van der Waals surface area contributed by atoms with Crippen molar-refractivity contribution in [1.29, 1.82) is 0 Å². The van der Waals surface area contributed by atoms with Crippen LogP contribution in [0.25, 0.3) is 21.7 Å². The van der Waals surface area contributed by atoms with Gasteiger partial charge in [-0.1, -0.05) is 35.0 Å². The van der Waals surface area contributed by atoms with Crippen molar-refractivity contribution in [2.45, 2.75) is 13.8 Å². The van der Waals surface area contributed by atoms with Crippen LogP contribution in [0.2, 0.25) is 0 Å². The first-order valence-corrected chi connectivity index (χ1v) is 6.91. The fraction of sp³-hybridized carbons (Fsp3) is 0.133. The molecule has 0 unspecified atom stereocenters. The fourth-order valence-corrected chi connectivity index (χ4v) is 3.07. The number of hydrogen-bond acceptors (Lipinski definition) is 4. The number of aryl methyl sites for hydroxylation is 2. The van der Waals surface area contributed by atoms with E-state index in [1.165, 1.54) is 11.1 Å². The Morgan fingerprint density at radius 1 is 1.21 bits per heavy atom. The molecule has 3 rings (SSSR count). The molecule has 19 heavy (non-hydrogen) atoms. The molecule has 0 atom stereocenters. The Kier molecular flexibility index (Phi) is 2.87. The Labute approximate surface area is 115 Å². The summed E-state index contributed by atoms with van der Waals surface area (Å²) in [6.45, 7) is 4.12. The first-order valence-electron chi connectivity index (χ1n) is 6.03. The Morgan fingerprint density at radius 3 is 2.74 bits per heavy atom. The van der Waals surface area contributed by atoms with Crippen LogP contribution in [0.15, 0.2) is 40.2 Å². The second kappa shape index (κ2) is 4.55. The highest BCUT2D eigenvalue weighted by atomic mass is 32.1. The molecule has 2 heterocycles. The monoisotopic (exact) mass is 270 g/mol. The number of nitrogen functional groups attached to an aromatic ring is 1. The van der Waals surface area contributed by atoms with E-state index in [1.54, 1.807) is 11.3 Å². The zero-order valence-corrected chi connectivity index (χ0v) is 11.6. The number of nitrogens with two attached hydrogens (primary N) is 1. The molecule has 1 aromatic carbocycles. The van der Waals surface area contributed by atoms with Gasteiger partial charge in [0.05, 0.1) is 10.4 Å². The molecule has 3 aromatic rings. The molecule has 3 nitrogen and oxygen atoms in total. The Morgan fingerprint density at radius 2 is 2.05 bits per heavy atom. The highest BCUT2D eigenvalue weighted by molar-refractivity contribution is 7.13. The van der Waals surface area contributed by atoms with E-state index in [1.807, 2.05) is 12.1 Å². The van der Waals surface area contributed by atoms with Gasteiger partial charge >= 0.3 is 0 Å². The van der Waals surface area contributed by atoms with E-state index in [2.05, 4.69) is 42.6 Å². The second-order valence-electron chi connectivity index (χ2n) is 4.57. The normalized spacial score (nSPS) is 10.8. The largest absolute Gasteiger partial charge is 0.367 e. The third-order valence-electron chi connectivity index (χ3n) is 3.10. The maximum absolute atomic E-state index is 5.96. The lowest BCUT2D eigenvalue weighted by Crippen LogP contribution is -1.88. The maximum Gasteiger partial charge on any atom is 0.230 e. The predicted octanol–water partition coefficient (Wildman–Crippen LogP) is 4.27. The van der Waals surface area contributed by atoms with E-state index >= 15 is 0 Å². The Bertz CT molecular complexity index is 727. The molecule has 0 aliphatic carbocycles. The fourth-order valence-electron chi connectivity index (χ4n) is 2.15. The Hall–Kier alpha value is -2.07. The third-order valence-corrected chi connectivity index (χ3v) is 4.13. The molecule has 0 bridgehead atoms. The first-order chi connectivity index (χ1) is 9.16. The lowest BCUT2D eigenvalue weighted by molar-refractivity contribution is 0.439. The van der Waals surface area contributed by atoms with Crippen LogP contribution in [0.4, 0.5) is 5.88 Å². The molecule has 0 saturated carbocycles. The van der Waals surface area contributed by atoms with Crippen LogP contribution in [-0.2, 0) is 0 Å². The highest BCUT2D eigenvalue weighted by Crippen LogP contribution is 2.39. The van der Waals surface area contributed by atoms with E-state index < -0.39 is 0 Å². The van der Waals surface area contributed by atoms with Crippen molar-refractivity contribution in [3.63, 3.8) is 0 Å². The van der Waals surface area contributed by atoms with Crippen molar-refractivity contribution in [3.8, 4) is 21.7 Å². The van der Waals surface area contributed by atoms with E-state index in [0.29, 0.717) is 5.88 Å². The maximum atomic E-state index is 5.96. The summed E-state index contributed by atoms with van der Waals surface area (Å²) in [6.07, 6.45) is 0. The number of thiophene rings is 1. The second-order valence-corrected chi connectivity index (χ2v) is 5.49. The van der Waals surface area contributed by atoms with Crippen LogP contribution in [0.3, 0.4) is 0 Å². The van der Waals surface area contributed by atoms with Crippen LogP contribution in [0.5, 0.6) is 0 Å². The molecule has 0 saturated heterocycles. The topological polar surface area (TPSA) is 52.0 Å². The summed E-state index contributed by atoms with van der Waals surface area (Å²) in [4.78, 5) is 1.11. The minimum absolute atomic E-state index is 0.369. The van der Waals surface area contributed by atoms with Gasteiger partial charge in [-0.3, -0.25) is 0 Å². The van der Waals surface area contributed by atoms with E-state index in [-0.39, 0.29) is 0 Å². The standard InChI is InChI=1S/C15H14N2OS/c1-9-4-3-5-11(8-9)12-13(17-18-15(12)16)14-10(2)6-7-19-14/h3-8H,16H2,1-2H3. The minimum Gasteiger partial charge on any atom is -0.367 e. The van der Waals surface area contributed by atoms with E-state index in [9.17, 15) is 0 Å². The summed E-state index contributed by atoms with van der Waals surface area (Å²) in [7, 11) is 0. The molecular formula is C15H14N2OS. The number of hydrogen-bond donors (Lipinski definition) is 1. The lowest BCUT2D eigenvalue weighted by atomic mass is 10.0. The molecular weight excluding hydrogens is 256 g/mol.